The zero-order valence-corrected chi connectivity index (χ0v) is 16.1. The quantitative estimate of drug-likeness (QED) is 0.592. The van der Waals surface area contributed by atoms with Crippen molar-refractivity contribution in [2.75, 3.05) is 18.1 Å². The number of aliphatic hydroxyl groups excluding tert-OH is 1. The molecule has 1 aliphatic rings. The monoisotopic (exact) mass is 376 g/mol. The molecule has 0 amide bonds. The fraction of sp³-hybridized carbons (Fsp3) is 0.429. The van der Waals surface area contributed by atoms with Gasteiger partial charge in [0.2, 0.25) is 0 Å². The van der Waals surface area contributed by atoms with E-state index in [4.69, 9.17) is 5.11 Å². The maximum atomic E-state index is 13.1. The summed E-state index contributed by atoms with van der Waals surface area (Å²) in [6.45, 7) is 0.291. The predicted molar refractivity (Wildman–Crippen MR) is 109 cm³/mol. The van der Waals surface area contributed by atoms with Gasteiger partial charge in [0.25, 0.3) is 0 Å². The van der Waals surface area contributed by atoms with E-state index in [1.165, 1.54) is 35.6 Å². The van der Waals surface area contributed by atoms with Gasteiger partial charge in [-0.25, -0.2) is 4.39 Å². The van der Waals surface area contributed by atoms with Crippen LogP contribution in [0.2, 0.25) is 0 Å². The van der Waals surface area contributed by atoms with E-state index in [2.05, 4.69) is 47.8 Å². The highest BCUT2D eigenvalue weighted by Crippen LogP contribution is 2.53. The molecular weight excluding hydrogens is 351 g/mol. The second kappa shape index (κ2) is 9.11. The van der Waals surface area contributed by atoms with Crippen molar-refractivity contribution in [2.45, 2.75) is 36.2 Å². The summed E-state index contributed by atoms with van der Waals surface area (Å²) in [6.07, 6.45) is 5.57. The van der Waals surface area contributed by atoms with E-state index >= 15 is 0 Å². The van der Waals surface area contributed by atoms with Crippen molar-refractivity contribution in [1.29, 1.82) is 0 Å². The van der Waals surface area contributed by atoms with Crippen molar-refractivity contribution in [3.63, 3.8) is 0 Å². The van der Waals surface area contributed by atoms with Crippen molar-refractivity contribution in [2.24, 2.45) is 0 Å². The molecule has 0 radical (unpaired) electrons. The molecule has 1 nitrogen and oxygen atoms in total. The second-order valence-electron chi connectivity index (χ2n) is 6.42. The fourth-order valence-electron chi connectivity index (χ4n) is 3.24. The van der Waals surface area contributed by atoms with Crippen molar-refractivity contribution >= 4 is 23.5 Å². The third-order valence-corrected chi connectivity index (χ3v) is 8.13. The molecule has 134 valence electrons. The van der Waals surface area contributed by atoms with Gasteiger partial charge in [-0.15, -0.1) is 23.5 Å². The standard InChI is InChI=1S/C21H25FOS2/c22-20-11-7-18(8-12-20)17-5-9-19(10-6-17)21(13-2-1-3-14-23)24-15-4-16-25-21/h5-12,23H,1-4,13-16H2. The molecule has 0 atom stereocenters. The number of unbranched alkanes of at least 4 members (excludes halogenated alkanes) is 2. The van der Waals surface area contributed by atoms with Crippen LogP contribution < -0.4 is 0 Å². The Morgan fingerprint density at radius 2 is 1.44 bits per heavy atom. The first-order valence-electron chi connectivity index (χ1n) is 8.99. The van der Waals surface area contributed by atoms with Crippen LogP contribution in [0.5, 0.6) is 0 Å². The van der Waals surface area contributed by atoms with E-state index in [1.807, 2.05) is 12.1 Å². The van der Waals surface area contributed by atoms with Crippen molar-refractivity contribution in [3.05, 3.63) is 59.9 Å². The van der Waals surface area contributed by atoms with Gasteiger partial charge in [0.15, 0.2) is 0 Å². The Morgan fingerprint density at radius 1 is 0.840 bits per heavy atom. The minimum absolute atomic E-state index is 0.148. The number of thioether (sulfide) groups is 2. The first-order chi connectivity index (χ1) is 12.2. The molecule has 25 heavy (non-hydrogen) atoms. The number of halogens is 1. The molecule has 0 saturated carbocycles. The van der Waals surface area contributed by atoms with Crippen LogP contribution in [-0.2, 0) is 4.08 Å². The number of hydrogen-bond acceptors (Lipinski definition) is 3. The summed E-state index contributed by atoms with van der Waals surface area (Å²) >= 11 is 4.15. The van der Waals surface area contributed by atoms with Crippen LogP contribution in [0.25, 0.3) is 11.1 Å². The largest absolute Gasteiger partial charge is 0.396 e. The molecule has 0 spiro atoms. The lowest BCUT2D eigenvalue weighted by atomic mass is 10.00. The smallest absolute Gasteiger partial charge is 0.123 e. The Balaban J connectivity index is 1.77. The van der Waals surface area contributed by atoms with Crippen LogP contribution in [-0.4, -0.2) is 23.2 Å². The molecule has 1 heterocycles. The van der Waals surface area contributed by atoms with Crippen LogP contribution in [0.3, 0.4) is 0 Å². The maximum Gasteiger partial charge on any atom is 0.123 e. The average Bonchev–Trinajstić information content (AvgIpc) is 2.67. The highest BCUT2D eigenvalue weighted by molar-refractivity contribution is 8.18. The molecule has 4 heteroatoms. The lowest BCUT2D eigenvalue weighted by Gasteiger charge is -2.37. The van der Waals surface area contributed by atoms with Crippen LogP contribution in [0.15, 0.2) is 48.5 Å². The summed E-state index contributed by atoms with van der Waals surface area (Å²) < 4.78 is 13.3. The molecule has 0 unspecified atom stereocenters. The first-order valence-corrected chi connectivity index (χ1v) is 11.0. The normalized spacial score (nSPS) is 16.7. The van der Waals surface area contributed by atoms with Gasteiger partial charge < -0.3 is 5.11 Å². The molecular formula is C21H25FOS2. The van der Waals surface area contributed by atoms with E-state index in [9.17, 15) is 4.39 Å². The van der Waals surface area contributed by atoms with Crippen molar-refractivity contribution < 1.29 is 9.50 Å². The molecule has 1 fully saturated rings. The van der Waals surface area contributed by atoms with Gasteiger partial charge >= 0.3 is 0 Å². The van der Waals surface area contributed by atoms with Crippen molar-refractivity contribution in [3.8, 4) is 11.1 Å². The predicted octanol–water partition coefficient (Wildman–Crippen LogP) is 6.07. The van der Waals surface area contributed by atoms with E-state index < -0.39 is 0 Å². The topological polar surface area (TPSA) is 20.2 Å². The summed E-state index contributed by atoms with van der Waals surface area (Å²) in [7, 11) is 0. The lowest BCUT2D eigenvalue weighted by molar-refractivity contribution is 0.282. The van der Waals surface area contributed by atoms with Crippen LogP contribution >= 0.6 is 23.5 Å². The minimum atomic E-state index is -0.197. The Morgan fingerprint density at radius 3 is 2.04 bits per heavy atom. The van der Waals surface area contributed by atoms with E-state index in [0.717, 1.165) is 36.8 Å². The van der Waals surface area contributed by atoms with Gasteiger partial charge in [0, 0.05) is 6.61 Å². The van der Waals surface area contributed by atoms with Gasteiger partial charge in [-0.1, -0.05) is 49.2 Å². The van der Waals surface area contributed by atoms with Gasteiger partial charge in [0.05, 0.1) is 4.08 Å². The lowest BCUT2D eigenvalue weighted by Crippen LogP contribution is -2.22. The van der Waals surface area contributed by atoms with E-state index in [0.29, 0.717) is 6.61 Å². The van der Waals surface area contributed by atoms with Gasteiger partial charge in [0.1, 0.15) is 5.82 Å². The van der Waals surface area contributed by atoms with E-state index in [-0.39, 0.29) is 9.90 Å². The Bertz CT molecular complexity index is 649. The highest BCUT2D eigenvalue weighted by Gasteiger charge is 2.34. The molecule has 3 rings (SSSR count). The van der Waals surface area contributed by atoms with Gasteiger partial charge in [-0.05, 0) is 59.6 Å². The second-order valence-corrected chi connectivity index (χ2v) is 9.47. The molecule has 1 aliphatic heterocycles. The zero-order valence-electron chi connectivity index (χ0n) is 14.4. The number of benzene rings is 2. The maximum absolute atomic E-state index is 13.1. The van der Waals surface area contributed by atoms with Gasteiger partial charge in [-0.2, -0.15) is 0 Å². The Labute approximate surface area is 158 Å². The SMILES string of the molecule is OCCCCCC1(c2ccc(-c3ccc(F)cc3)cc2)SCCCS1. The molecule has 2 aromatic rings. The first kappa shape index (κ1) is 18.8. The Kier molecular flexibility index (Phi) is 6.85. The van der Waals surface area contributed by atoms with Crippen molar-refractivity contribution in [1.82, 2.24) is 0 Å². The van der Waals surface area contributed by atoms with Crippen LogP contribution in [0.4, 0.5) is 4.39 Å². The number of aliphatic hydroxyl groups is 1. The summed E-state index contributed by atoms with van der Waals surface area (Å²) in [6, 6.07) is 15.5. The Hall–Kier alpha value is -0.970. The summed E-state index contributed by atoms with van der Waals surface area (Å²) in [5, 5.41) is 9.01. The minimum Gasteiger partial charge on any atom is -0.396 e. The summed E-state index contributed by atoms with van der Waals surface area (Å²) in [5.74, 6) is 2.23. The van der Waals surface area contributed by atoms with E-state index in [1.54, 1.807) is 0 Å². The molecule has 2 aromatic carbocycles. The molecule has 1 N–H and O–H groups in total. The third-order valence-electron chi connectivity index (χ3n) is 4.63. The number of hydrogen-bond donors (Lipinski definition) is 1. The van der Waals surface area contributed by atoms with Crippen LogP contribution in [0, 0.1) is 5.82 Å². The highest BCUT2D eigenvalue weighted by atomic mass is 32.2. The number of rotatable bonds is 7. The fourth-order valence-corrected chi connectivity index (χ4v) is 6.67. The zero-order chi connectivity index (χ0) is 17.5. The molecule has 0 aromatic heterocycles. The molecule has 0 bridgehead atoms. The van der Waals surface area contributed by atoms with Crippen LogP contribution in [0.1, 0.15) is 37.7 Å². The molecule has 0 aliphatic carbocycles. The summed E-state index contributed by atoms with van der Waals surface area (Å²) in [5.41, 5.74) is 3.57. The molecule has 1 saturated heterocycles. The van der Waals surface area contributed by atoms with Gasteiger partial charge in [-0.3, -0.25) is 0 Å². The third kappa shape index (κ3) is 4.81. The summed E-state index contributed by atoms with van der Waals surface area (Å²) in [4.78, 5) is 0. The average molecular weight is 377 g/mol.